The first kappa shape index (κ1) is 22.7. The first-order valence-electron chi connectivity index (χ1n) is 11.0. The highest BCUT2D eigenvalue weighted by Crippen LogP contribution is 2.33. The van der Waals surface area contributed by atoms with Crippen LogP contribution >= 0.6 is 11.6 Å². The number of hydrogen-bond acceptors (Lipinski definition) is 6. The summed E-state index contributed by atoms with van der Waals surface area (Å²) in [5.74, 6) is 0.143. The van der Waals surface area contributed by atoms with Gasteiger partial charge in [0.25, 0.3) is 0 Å². The molecular formula is C25H24ClN5O2S. The molecule has 1 aromatic heterocycles. The van der Waals surface area contributed by atoms with E-state index in [0.717, 1.165) is 24.1 Å². The SMILES string of the molecule is Cc1ccc(S(=O)(=O)Cn2nnnc2[C@@H](c2ccc(Cl)cc2)N2CCc3ccccc3C2)cc1. The summed E-state index contributed by atoms with van der Waals surface area (Å²) in [4.78, 5) is 2.53. The molecule has 0 fully saturated rings. The normalized spacial score (nSPS) is 15.1. The molecule has 1 aliphatic heterocycles. The monoisotopic (exact) mass is 493 g/mol. The topological polar surface area (TPSA) is 81.0 Å². The molecule has 0 saturated heterocycles. The maximum atomic E-state index is 13.2. The van der Waals surface area contributed by atoms with Crippen LogP contribution in [0.4, 0.5) is 0 Å². The van der Waals surface area contributed by atoms with Crippen LogP contribution < -0.4 is 0 Å². The summed E-state index contributed by atoms with van der Waals surface area (Å²) in [6, 6.07) is 22.4. The fourth-order valence-corrected chi connectivity index (χ4v) is 5.72. The van der Waals surface area contributed by atoms with Gasteiger partial charge in [-0.15, -0.1) is 5.10 Å². The zero-order valence-corrected chi connectivity index (χ0v) is 20.2. The zero-order valence-electron chi connectivity index (χ0n) is 18.7. The van der Waals surface area contributed by atoms with Gasteiger partial charge in [0.05, 0.1) is 10.9 Å². The van der Waals surface area contributed by atoms with Crippen LogP contribution in [0.25, 0.3) is 0 Å². The van der Waals surface area contributed by atoms with E-state index in [1.54, 1.807) is 24.3 Å². The Bertz CT molecular complexity index is 1400. The summed E-state index contributed by atoms with van der Waals surface area (Å²) < 4.78 is 27.7. The van der Waals surface area contributed by atoms with Gasteiger partial charge in [-0.2, -0.15) is 0 Å². The molecule has 5 rings (SSSR count). The molecule has 174 valence electrons. The Balaban J connectivity index is 1.53. The van der Waals surface area contributed by atoms with Crippen LogP contribution in [0, 0.1) is 6.92 Å². The molecular weight excluding hydrogens is 470 g/mol. The summed E-state index contributed by atoms with van der Waals surface area (Å²) in [6.07, 6.45) is 0.892. The fourth-order valence-electron chi connectivity index (χ4n) is 4.39. The molecule has 9 heteroatoms. The maximum Gasteiger partial charge on any atom is 0.198 e. The van der Waals surface area contributed by atoms with Crippen molar-refractivity contribution >= 4 is 21.4 Å². The van der Waals surface area contributed by atoms with Crippen molar-refractivity contribution in [1.82, 2.24) is 25.1 Å². The number of halogens is 1. The molecule has 2 heterocycles. The van der Waals surface area contributed by atoms with E-state index in [1.165, 1.54) is 15.8 Å². The second kappa shape index (κ2) is 9.29. The Morgan fingerprint density at radius 1 is 0.971 bits per heavy atom. The van der Waals surface area contributed by atoms with Gasteiger partial charge in [-0.1, -0.05) is 65.7 Å². The van der Waals surface area contributed by atoms with Crippen molar-refractivity contribution in [3.63, 3.8) is 0 Å². The van der Waals surface area contributed by atoms with E-state index in [0.29, 0.717) is 17.4 Å². The lowest BCUT2D eigenvalue weighted by Crippen LogP contribution is -2.36. The Morgan fingerprint density at radius 2 is 1.68 bits per heavy atom. The number of sulfone groups is 1. The lowest BCUT2D eigenvalue weighted by Gasteiger charge is -2.35. The average Bonchev–Trinajstić information content (AvgIpc) is 3.27. The molecule has 0 aliphatic carbocycles. The Labute approximate surface area is 203 Å². The highest BCUT2D eigenvalue weighted by molar-refractivity contribution is 7.90. The van der Waals surface area contributed by atoms with Crippen LogP contribution in [-0.2, 0) is 28.7 Å². The van der Waals surface area contributed by atoms with Gasteiger partial charge in [0, 0.05) is 18.1 Å². The van der Waals surface area contributed by atoms with Crippen molar-refractivity contribution in [2.45, 2.75) is 36.7 Å². The second-order valence-electron chi connectivity index (χ2n) is 8.54. The third kappa shape index (κ3) is 4.61. The van der Waals surface area contributed by atoms with E-state index in [-0.39, 0.29) is 16.8 Å². The third-order valence-corrected chi connectivity index (χ3v) is 8.01. The number of aromatic nitrogens is 4. The van der Waals surface area contributed by atoms with Crippen LogP contribution in [0.15, 0.2) is 77.7 Å². The van der Waals surface area contributed by atoms with Gasteiger partial charge in [0.2, 0.25) is 0 Å². The maximum absolute atomic E-state index is 13.2. The van der Waals surface area contributed by atoms with Crippen molar-refractivity contribution in [2.24, 2.45) is 0 Å². The quantitative estimate of drug-likeness (QED) is 0.400. The minimum absolute atomic E-state index is 0.245. The minimum atomic E-state index is -3.64. The fraction of sp³-hybridized carbons (Fsp3) is 0.240. The molecule has 34 heavy (non-hydrogen) atoms. The van der Waals surface area contributed by atoms with Crippen molar-refractivity contribution in [2.75, 3.05) is 6.54 Å². The molecule has 7 nitrogen and oxygen atoms in total. The third-order valence-electron chi connectivity index (χ3n) is 6.19. The van der Waals surface area contributed by atoms with Crippen molar-refractivity contribution in [3.8, 4) is 0 Å². The van der Waals surface area contributed by atoms with Gasteiger partial charge in [0.15, 0.2) is 21.5 Å². The smallest absolute Gasteiger partial charge is 0.198 e. The highest BCUT2D eigenvalue weighted by atomic mass is 35.5. The van der Waals surface area contributed by atoms with E-state index in [1.807, 2.05) is 37.3 Å². The number of tetrazole rings is 1. The number of rotatable bonds is 6. The molecule has 0 bridgehead atoms. The summed E-state index contributed by atoms with van der Waals surface area (Å²) in [5.41, 5.74) is 4.52. The number of benzene rings is 3. The van der Waals surface area contributed by atoms with E-state index < -0.39 is 9.84 Å². The van der Waals surface area contributed by atoms with Gasteiger partial charge in [0.1, 0.15) is 0 Å². The zero-order chi connectivity index (χ0) is 23.7. The molecule has 1 aliphatic rings. The highest BCUT2D eigenvalue weighted by Gasteiger charge is 2.31. The molecule has 1 atom stereocenters. The summed E-state index contributed by atoms with van der Waals surface area (Å²) in [5, 5.41) is 12.9. The molecule has 0 saturated carbocycles. The Morgan fingerprint density at radius 3 is 2.41 bits per heavy atom. The lowest BCUT2D eigenvalue weighted by atomic mass is 9.96. The van der Waals surface area contributed by atoms with Gasteiger partial charge in [-0.05, 0) is 64.7 Å². The summed E-state index contributed by atoms with van der Waals surface area (Å²) >= 11 is 6.15. The second-order valence-corrected chi connectivity index (χ2v) is 10.9. The van der Waals surface area contributed by atoms with Crippen LogP contribution in [0.2, 0.25) is 5.02 Å². The lowest BCUT2D eigenvalue weighted by molar-refractivity contribution is 0.195. The van der Waals surface area contributed by atoms with Gasteiger partial charge >= 0.3 is 0 Å². The molecule has 3 aromatic carbocycles. The molecule has 0 amide bonds. The predicted molar refractivity (Wildman–Crippen MR) is 130 cm³/mol. The standard InChI is InChI=1S/C25H24ClN5O2S/c1-18-6-12-23(13-7-18)34(32,33)17-31-25(27-28-29-31)24(20-8-10-22(26)11-9-20)30-15-14-19-4-2-3-5-21(19)16-30/h2-13,24H,14-17H2,1H3/t24-/m1/s1. The van der Waals surface area contributed by atoms with E-state index in [4.69, 9.17) is 11.6 Å². The number of fused-ring (bicyclic) bond motifs is 1. The first-order valence-corrected chi connectivity index (χ1v) is 13.1. The van der Waals surface area contributed by atoms with Gasteiger partial charge < -0.3 is 0 Å². The van der Waals surface area contributed by atoms with Crippen LogP contribution in [0.3, 0.4) is 0 Å². The minimum Gasteiger partial charge on any atom is -0.285 e. The molecule has 0 spiro atoms. The average molecular weight is 494 g/mol. The van der Waals surface area contributed by atoms with Gasteiger partial charge in [-0.25, -0.2) is 13.1 Å². The predicted octanol–water partition coefficient (Wildman–Crippen LogP) is 4.21. The van der Waals surface area contributed by atoms with Gasteiger partial charge in [-0.3, -0.25) is 4.90 Å². The molecule has 4 aromatic rings. The number of aryl methyl sites for hydroxylation is 1. The molecule has 0 radical (unpaired) electrons. The Hall–Kier alpha value is -3.07. The summed E-state index contributed by atoms with van der Waals surface area (Å²) in [7, 11) is -3.64. The van der Waals surface area contributed by atoms with Crippen molar-refractivity contribution < 1.29 is 8.42 Å². The van der Waals surface area contributed by atoms with Crippen LogP contribution in [0.5, 0.6) is 0 Å². The van der Waals surface area contributed by atoms with E-state index in [9.17, 15) is 8.42 Å². The molecule has 0 unspecified atom stereocenters. The van der Waals surface area contributed by atoms with Crippen LogP contribution in [0.1, 0.15) is 34.1 Å². The number of nitrogens with zero attached hydrogens (tertiary/aromatic N) is 5. The first-order chi connectivity index (χ1) is 16.4. The number of hydrogen-bond donors (Lipinski definition) is 0. The summed E-state index contributed by atoms with van der Waals surface area (Å²) in [6.45, 7) is 3.42. The molecule has 0 N–H and O–H groups in total. The van der Waals surface area contributed by atoms with Crippen molar-refractivity contribution in [3.05, 3.63) is 106 Å². The van der Waals surface area contributed by atoms with Crippen LogP contribution in [-0.4, -0.2) is 40.1 Å². The van der Waals surface area contributed by atoms with E-state index in [2.05, 4.69) is 38.6 Å². The largest absolute Gasteiger partial charge is 0.285 e. The Kier molecular flexibility index (Phi) is 6.20. The van der Waals surface area contributed by atoms with E-state index >= 15 is 0 Å². The van der Waals surface area contributed by atoms with Crippen molar-refractivity contribution in [1.29, 1.82) is 0 Å².